The van der Waals surface area contributed by atoms with Gasteiger partial charge in [0.25, 0.3) is 0 Å². The van der Waals surface area contributed by atoms with Gasteiger partial charge in [-0.05, 0) is 31.0 Å². The third kappa shape index (κ3) is 5.39. The number of hydrogen-bond acceptors (Lipinski definition) is 3. The fraction of sp³-hybridized carbons (Fsp3) is 0.538. The number of halogens is 1. The normalized spacial score (nSPS) is 12.5. The third-order valence-corrected chi connectivity index (χ3v) is 2.74. The van der Waals surface area contributed by atoms with Crippen LogP contribution in [0.2, 0.25) is 5.02 Å². The Kier molecular flexibility index (Phi) is 6.34. The van der Waals surface area contributed by atoms with Gasteiger partial charge in [0, 0.05) is 6.04 Å². The van der Waals surface area contributed by atoms with Crippen LogP contribution in [-0.2, 0) is 4.74 Å². The Balaban J connectivity index is 2.24. The van der Waals surface area contributed by atoms with Crippen molar-refractivity contribution in [2.45, 2.75) is 26.3 Å². The van der Waals surface area contributed by atoms with E-state index in [1.807, 2.05) is 32.0 Å². The molecule has 0 spiro atoms. The van der Waals surface area contributed by atoms with E-state index in [4.69, 9.17) is 26.8 Å². The molecule has 1 unspecified atom stereocenters. The summed E-state index contributed by atoms with van der Waals surface area (Å²) in [5.74, 6) is 0.704. The van der Waals surface area contributed by atoms with Crippen molar-refractivity contribution in [1.82, 2.24) is 0 Å². The minimum absolute atomic E-state index is 0.109. The second-order valence-corrected chi connectivity index (χ2v) is 4.43. The topological polar surface area (TPSA) is 44.5 Å². The van der Waals surface area contributed by atoms with Crippen LogP contribution in [0.25, 0.3) is 0 Å². The highest BCUT2D eigenvalue weighted by atomic mass is 35.5. The van der Waals surface area contributed by atoms with E-state index < -0.39 is 0 Å². The Bertz CT molecular complexity index is 344. The molecule has 0 amide bonds. The van der Waals surface area contributed by atoms with Gasteiger partial charge in [-0.15, -0.1) is 0 Å². The molecule has 0 fully saturated rings. The minimum Gasteiger partial charge on any atom is -0.490 e. The first-order valence-electron chi connectivity index (χ1n) is 5.85. The first kappa shape index (κ1) is 14.3. The molecule has 2 N–H and O–H groups in total. The van der Waals surface area contributed by atoms with E-state index in [0.29, 0.717) is 30.6 Å². The summed E-state index contributed by atoms with van der Waals surface area (Å²) in [4.78, 5) is 0. The number of rotatable bonds is 7. The van der Waals surface area contributed by atoms with E-state index in [2.05, 4.69) is 0 Å². The van der Waals surface area contributed by atoms with E-state index in [1.165, 1.54) is 0 Å². The maximum atomic E-state index is 6.00. The van der Waals surface area contributed by atoms with Crippen LogP contribution in [0.5, 0.6) is 5.75 Å². The average Bonchev–Trinajstić information content (AvgIpc) is 2.32. The zero-order valence-electron chi connectivity index (χ0n) is 10.4. The second kappa shape index (κ2) is 7.54. The molecular formula is C13H20ClNO2. The highest BCUT2D eigenvalue weighted by Gasteiger charge is 2.02. The Morgan fingerprint density at radius 2 is 2.12 bits per heavy atom. The van der Waals surface area contributed by atoms with Gasteiger partial charge in [0.1, 0.15) is 12.4 Å². The van der Waals surface area contributed by atoms with E-state index in [0.717, 1.165) is 12.0 Å². The van der Waals surface area contributed by atoms with Crippen LogP contribution in [0.3, 0.4) is 0 Å². The van der Waals surface area contributed by atoms with Gasteiger partial charge in [-0.25, -0.2) is 0 Å². The maximum absolute atomic E-state index is 6.00. The highest BCUT2D eigenvalue weighted by molar-refractivity contribution is 6.32. The summed E-state index contributed by atoms with van der Waals surface area (Å²) in [5.41, 5.74) is 6.85. The van der Waals surface area contributed by atoms with Crippen LogP contribution in [0.1, 0.15) is 18.9 Å². The fourth-order valence-electron chi connectivity index (χ4n) is 1.28. The molecule has 1 aromatic rings. The molecule has 96 valence electrons. The standard InChI is InChI=1S/C13H20ClNO2/c1-3-11(15)9-16-6-7-17-13-8-10(2)4-5-12(13)14/h4-5,8,11H,3,6-7,9,15H2,1-2H3. The number of ether oxygens (including phenoxy) is 2. The van der Waals surface area contributed by atoms with E-state index in [1.54, 1.807) is 0 Å². The summed E-state index contributed by atoms with van der Waals surface area (Å²) < 4.78 is 10.9. The summed E-state index contributed by atoms with van der Waals surface area (Å²) in [6, 6.07) is 5.81. The van der Waals surface area contributed by atoms with E-state index in [9.17, 15) is 0 Å². The van der Waals surface area contributed by atoms with Gasteiger partial charge in [0.15, 0.2) is 0 Å². The Morgan fingerprint density at radius 3 is 2.82 bits per heavy atom. The Hall–Kier alpha value is -0.770. The molecule has 0 saturated heterocycles. The molecule has 0 saturated carbocycles. The van der Waals surface area contributed by atoms with Crippen molar-refractivity contribution < 1.29 is 9.47 Å². The largest absolute Gasteiger partial charge is 0.490 e. The van der Waals surface area contributed by atoms with Gasteiger partial charge >= 0.3 is 0 Å². The predicted octanol–water partition coefficient (Wildman–Crippen LogP) is 2.78. The van der Waals surface area contributed by atoms with Crippen molar-refractivity contribution in [3.63, 3.8) is 0 Å². The molecule has 0 aliphatic carbocycles. The van der Waals surface area contributed by atoms with Crippen LogP contribution in [0.15, 0.2) is 18.2 Å². The SMILES string of the molecule is CCC(N)COCCOc1cc(C)ccc1Cl. The number of nitrogens with two attached hydrogens (primary N) is 1. The van der Waals surface area contributed by atoms with Crippen molar-refractivity contribution in [1.29, 1.82) is 0 Å². The van der Waals surface area contributed by atoms with E-state index in [-0.39, 0.29) is 6.04 Å². The summed E-state index contributed by atoms with van der Waals surface area (Å²) >= 11 is 6.00. The minimum atomic E-state index is 0.109. The highest BCUT2D eigenvalue weighted by Crippen LogP contribution is 2.24. The monoisotopic (exact) mass is 257 g/mol. The molecule has 1 rings (SSSR count). The second-order valence-electron chi connectivity index (χ2n) is 4.03. The predicted molar refractivity (Wildman–Crippen MR) is 70.8 cm³/mol. The summed E-state index contributed by atoms with van der Waals surface area (Å²) in [6.07, 6.45) is 0.921. The molecule has 3 nitrogen and oxygen atoms in total. The van der Waals surface area contributed by atoms with Crippen LogP contribution < -0.4 is 10.5 Å². The van der Waals surface area contributed by atoms with Crippen LogP contribution in [0.4, 0.5) is 0 Å². The van der Waals surface area contributed by atoms with Crippen molar-refractivity contribution in [2.75, 3.05) is 19.8 Å². The van der Waals surface area contributed by atoms with Crippen molar-refractivity contribution in [3.05, 3.63) is 28.8 Å². The summed E-state index contributed by atoms with van der Waals surface area (Å²) in [6.45, 7) is 5.62. The average molecular weight is 258 g/mol. The number of benzene rings is 1. The van der Waals surface area contributed by atoms with Gasteiger partial charge in [-0.3, -0.25) is 0 Å². The van der Waals surface area contributed by atoms with Crippen LogP contribution in [0, 0.1) is 6.92 Å². The molecule has 4 heteroatoms. The van der Waals surface area contributed by atoms with Gasteiger partial charge in [-0.1, -0.05) is 24.6 Å². The van der Waals surface area contributed by atoms with Gasteiger partial charge in [-0.2, -0.15) is 0 Å². The first-order valence-corrected chi connectivity index (χ1v) is 6.23. The van der Waals surface area contributed by atoms with Crippen molar-refractivity contribution in [2.24, 2.45) is 5.73 Å². The smallest absolute Gasteiger partial charge is 0.138 e. The molecule has 17 heavy (non-hydrogen) atoms. The van der Waals surface area contributed by atoms with Gasteiger partial charge in [0.2, 0.25) is 0 Å². The third-order valence-electron chi connectivity index (χ3n) is 2.43. The Morgan fingerprint density at radius 1 is 1.35 bits per heavy atom. The van der Waals surface area contributed by atoms with Gasteiger partial charge in [0.05, 0.1) is 18.2 Å². The molecule has 0 aliphatic heterocycles. The molecule has 0 aliphatic rings. The molecule has 0 bridgehead atoms. The van der Waals surface area contributed by atoms with Crippen molar-refractivity contribution in [3.8, 4) is 5.75 Å². The van der Waals surface area contributed by atoms with Gasteiger partial charge < -0.3 is 15.2 Å². The lowest BCUT2D eigenvalue weighted by Crippen LogP contribution is -2.26. The lowest BCUT2D eigenvalue weighted by molar-refractivity contribution is 0.0897. The van der Waals surface area contributed by atoms with Crippen molar-refractivity contribution >= 4 is 11.6 Å². The lowest BCUT2D eigenvalue weighted by Gasteiger charge is -2.11. The molecule has 1 aromatic carbocycles. The maximum Gasteiger partial charge on any atom is 0.138 e. The quantitative estimate of drug-likeness (QED) is 0.764. The zero-order valence-corrected chi connectivity index (χ0v) is 11.2. The summed E-state index contributed by atoms with van der Waals surface area (Å²) in [7, 11) is 0. The fourth-order valence-corrected chi connectivity index (χ4v) is 1.46. The molecule has 0 aromatic heterocycles. The van der Waals surface area contributed by atoms with Crippen LogP contribution in [-0.4, -0.2) is 25.9 Å². The molecular weight excluding hydrogens is 238 g/mol. The summed E-state index contributed by atoms with van der Waals surface area (Å²) in [5, 5.41) is 0.626. The zero-order chi connectivity index (χ0) is 12.7. The van der Waals surface area contributed by atoms with Crippen LogP contribution >= 0.6 is 11.6 Å². The Labute approximate surface area is 108 Å². The lowest BCUT2D eigenvalue weighted by atomic mass is 10.2. The van der Waals surface area contributed by atoms with E-state index >= 15 is 0 Å². The number of aryl methyl sites for hydroxylation is 1. The first-order chi connectivity index (χ1) is 8.13. The number of hydrogen-bond donors (Lipinski definition) is 1. The molecule has 0 radical (unpaired) electrons. The molecule has 1 atom stereocenters. The molecule has 0 heterocycles.